The van der Waals surface area contributed by atoms with Gasteiger partial charge in [-0.2, -0.15) is 0 Å². The molecule has 0 saturated heterocycles. The van der Waals surface area contributed by atoms with E-state index in [-0.39, 0.29) is 28.4 Å². The van der Waals surface area contributed by atoms with Crippen LogP contribution in [0.1, 0.15) is 43.7 Å². The number of carbonyl (C=O) groups excluding carboxylic acids is 1. The molecular formula is C13H20N2O2. The second-order valence-corrected chi connectivity index (χ2v) is 5.46. The first kappa shape index (κ1) is 13.5. The number of carbonyl (C=O) groups is 1. The molecule has 1 unspecified atom stereocenters. The molecule has 4 nitrogen and oxygen atoms in total. The van der Waals surface area contributed by atoms with Crippen LogP contribution in [0.5, 0.6) is 0 Å². The molecule has 1 aromatic rings. The molecule has 0 bridgehead atoms. The summed E-state index contributed by atoms with van der Waals surface area (Å²) in [6.07, 6.45) is 1.46. The highest BCUT2D eigenvalue weighted by Crippen LogP contribution is 2.18. The third-order valence-corrected chi connectivity index (χ3v) is 2.95. The summed E-state index contributed by atoms with van der Waals surface area (Å²) >= 11 is 0. The molecule has 1 rings (SSSR count). The van der Waals surface area contributed by atoms with Crippen LogP contribution < -0.4 is 10.7 Å². The van der Waals surface area contributed by atoms with Gasteiger partial charge in [-0.1, -0.05) is 20.8 Å². The monoisotopic (exact) mass is 236 g/mol. The first-order valence-electron chi connectivity index (χ1n) is 5.72. The normalized spacial score (nSPS) is 13.2. The molecule has 0 spiro atoms. The average molecular weight is 236 g/mol. The third kappa shape index (κ3) is 3.44. The van der Waals surface area contributed by atoms with Crippen molar-refractivity contribution in [1.82, 2.24) is 10.3 Å². The first-order chi connectivity index (χ1) is 7.71. The van der Waals surface area contributed by atoms with Crippen molar-refractivity contribution in [2.75, 3.05) is 0 Å². The van der Waals surface area contributed by atoms with Crippen LogP contribution in [0.3, 0.4) is 0 Å². The fraction of sp³-hybridized carbons (Fsp3) is 0.538. The maximum atomic E-state index is 11.9. The number of aromatic amines is 1. The average Bonchev–Trinajstić information content (AvgIpc) is 2.15. The second-order valence-electron chi connectivity index (χ2n) is 5.46. The zero-order valence-electron chi connectivity index (χ0n) is 11.0. The fourth-order valence-electron chi connectivity index (χ4n) is 1.24. The Kier molecular flexibility index (Phi) is 3.76. The van der Waals surface area contributed by atoms with Crippen molar-refractivity contribution in [3.63, 3.8) is 0 Å². The summed E-state index contributed by atoms with van der Waals surface area (Å²) in [7, 11) is 0. The molecule has 17 heavy (non-hydrogen) atoms. The zero-order chi connectivity index (χ0) is 13.2. The molecule has 0 fully saturated rings. The van der Waals surface area contributed by atoms with Crippen molar-refractivity contribution in [3.8, 4) is 0 Å². The molecule has 0 radical (unpaired) electrons. The van der Waals surface area contributed by atoms with Gasteiger partial charge in [0, 0.05) is 24.0 Å². The predicted octanol–water partition coefficient (Wildman–Crippen LogP) is 1.85. The summed E-state index contributed by atoms with van der Waals surface area (Å²) < 4.78 is 0. The Hall–Kier alpha value is -1.58. The number of amides is 1. The maximum absolute atomic E-state index is 11.9. The lowest BCUT2D eigenvalue weighted by Gasteiger charge is -2.27. The smallest absolute Gasteiger partial charge is 0.256 e. The van der Waals surface area contributed by atoms with Gasteiger partial charge in [-0.25, -0.2) is 0 Å². The van der Waals surface area contributed by atoms with Gasteiger partial charge in [0.15, 0.2) is 5.43 Å². The zero-order valence-corrected chi connectivity index (χ0v) is 11.0. The lowest BCUT2D eigenvalue weighted by atomic mass is 9.88. The number of pyridine rings is 1. The number of aryl methyl sites for hydroxylation is 1. The Morgan fingerprint density at radius 1 is 1.41 bits per heavy atom. The summed E-state index contributed by atoms with van der Waals surface area (Å²) in [4.78, 5) is 26.4. The van der Waals surface area contributed by atoms with E-state index < -0.39 is 0 Å². The Bertz CT molecular complexity index is 469. The summed E-state index contributed by atoms with van der Waals surface area (Å²) in [6, 6.07) is 1.42. The highest BCUT2D eigenvalue weighted by molar-refractivity contribution is 5.94. The Balaban J connectivity index is 2.88. The van der Waals surface area contributed by atoms with E-state index in [1.165, 1.54) is 12.3 Å². The quantitative estimate of drug-likeness (QED) is 0.823. The molecule has 0 aliphatic heterocycles. The molecule has 1 heterocycles. The van der Waals surface area contributed by atoms with E-state index >= 15 is 0 Å². The van der Waals surface area contributed by atoms with E-state index in [0.29, 0.717) is 0 Å². The van der Waals surface area contributed by atoms with E-state index in [0.717, 1.165) is 5.69 Å². The number of hydrogen-bond acceptors (Lipinski definition) is 2. The SMILES string of the molecule is Cc1cc(=O)c(C(=O)NC(C)C(C)(C)C)c[nH]1. The lowest BCUT2D eigenvalue weighted by Crippen LogP contribution is -2.42. The van der Waals surface area contributed by atoms with Crippen LogP contribution in [0.25, 0.3) is 0 Å². The van der Waals surface area contributed by atoms with E-state index in [4.69, 9.17) is 0 Å². The molecule has 0 aliphatic carbocycles. The van der Waals surface area contributed by atoms with E-state index in [1.54, 1.807) is 6.92 Å². The molecule has 0 aromatic carbocycles. The molecule has 1 aromatic heterocycles. The first-order valence-corrected chi connectivity index (χ1v) is 5.72. The number of hydrogen-bond donors (Lipinski definition) is 2. The topological polar surface area (TPSA) is 62.0 Å². The Morgan fingerprint density at radius 2 is 2.00 bits per heavy atom. The molecule has 0 aliphatic rings. The lowest BCUT2D eigenvalue weighted by molar-refractivity contribution is 0.0908. The summed E-state index contributed by atoms with van der Waals surface area (Å²) in [5.74, 6) is -0.325. The van der Waals surface area contributed by atoms with Gasteiger partial charge in [0.25, 0.3) is 5.91 Å². The van der Waals surface area contributed by atoms with Crippen molar-refractivity contribution in [2.45, 2.75) is 40.7 Å². The largest absolute Gasteiger partial charge is 0.364 e. The maximum Gasteiger partial charge on any atom is 0.256 e. The van der Waals surface area contributed by atoms with Crippen LogP contribution in [-0.4, -0.2) is 16.9 Å². The standard InChI is InChI=1S/C13H20N2O2/c1-8-6-11(16)10(7-14-8)12(17)15-9(2)13(3,4)5/h6-7,9H,1-5H3,(H,14,16)(H,15,17). The molecule has 94 valence electrons. The van der Waals surface area contributed by atoms with Crippen LogP contribution in [0.2, 0.25) is 0 Å². The molecule has 4 heteroatoms. The van der Waals surface area contributed by atoms with Crippen LogP contribution in [-0.2, 0) is 0 Å². The minimum absolute atomic E-state index is 0.00398. The van der Waals surface area contributed by atoms with E-state index in [2.05, 4.69) is 10.3 Å². The summed E-state index contributed by atoms with van der Waals surface area (Å²) in [5, 5.41) is 2.84. The van der Waals surface area contributed by atoms with Crippen LogP contribution in [0.4, 0.5) is 0 Å². The van der Waals surface area contributed by atoms with Gasteiger partial charge < -0.3 is 10.3 Å². The minimum atomic E-state index is -0.325. The van der Waals surface area contributed by atoms with Crippen LogP contribution in [0, 0.1) is 12.3 Å². The summed E-state index contributed by atoms with van der Waals surface area (Å²) in [6.45, 7) is 9.83. The highest BCUT2D eigenvalue weighted by atomic mass is 16.2. The molecule has 2 N–H and O–H groups in total. The van der Waals surface area contributed by atoms with Crippen molar-refractivity contribution >= 4 is 5.91 Å². The van der Waals surface area contributed by atoms with Crippen LogP contribution >= 0.6 is 0 Å². The van der Waals surface area contributed by atoms with Crippen molar-refractivity contribution in [3.05, 3.63) is 33.7 Å². The van der Waals surface area contributed by atoms with Crippen molar-refractivity contribution < 1.29 is 4.79 Å². The second kappa shape index (κ2) is 4.73. The number of aromatic nitrogens is 1. The van der Waals surface area contributed by atoms with E-state index in [9.17, 15) is 9.59 Å². The van der Waals surface area contributed by atoms with Gasteiger partial charge >= 0.3 is 0 Å². The van der Waals surface area contributed by atoms with Gasteiger partial charge in [0.1, 0.15) is 5.56 Å². The Morgan fingerprint density at radius 3 is 2.47 bits per heavy atom. The van der Waals surface area contributed by atoms with Gasteiger partial charge in [0.05, 0.1) is 0 Å². The Labute approximate surface area is 101 Å². The van der Waals surface area contributed by atoms with Crippen LogP contribution in [0.15, 0.2) is 17.1 Å². The number of nitrogens with one attached hydrogen (secondary N) is 2. The molecule has 1 amide bonds. The predicted molar refractivity (Wildman–Crippen MR) is 68.2 cm³/mol. The molecular weight excluding hydrogens is 216 g/mol. The highest BCUT2D eigenvalue weighted by Gasteiger charge is 2.22. The van der Waals surface area contributed by atoms with Crippen molar-refractivity contribution in [2.24, 2.45) is 5.41 Å². The summed E-state index contributed by atoms with van der Waals surface area (Å²) in [5.41, 5.74) is 0.620. The van der Waals surface area contributed by atoms with E-state index in [1.807, 2.05) is 27.7 Å². The van der Waals surface area contributed by atoms with Gasteiger partial charge in [-0.3, -0.25) is 9.59 Å². The van der Waals surface area contributed by atoms with Gasteiger partial charge in [0.2, 0.25) is 0 Å². The fourth-order valence-corrected chi connectivity index (χ4v) is 1.24. The number of rotatable bonds is 2. The van der Waals surface area contributed by atoms with Gasteiger partial charge in [-0.05, 0) is 19.3 Å². The van der Waals surface area contributed by atoms with Crippen molar-refractivity contribution in [1.29, 1.82) is 0 Å². The third-order valence-electron chi connectivity index (χ3n) is 2.95. The molecule has 0 saturated carbocycles. The molecule has 1 atom stereocenters. The number of H-pyrrole nitrogens is 1. The minimum Gasteiger partial charge on any atom is -0.364 e. The van der Waals surface area contributed by atoms with Gasteiger partial charge in [-0.15, -0.1) is 0 Å².